The van der Waals surface area contributed by atoms with E-state index in [2.05, 4.69) is 15.3 Å². The van der Waals surface area contributed by atoms with Gasteiger partial charge in [0.1, 0.15) is 6.33 Å². The molecule has 0 spiro atoms. The number of benzene rings is 1. The number of nitrogens with zero attached hydrogens (tertiary/aromatic N) is 2. The fourth-order valence-corrected chi connectivity index (χ4v) is 1.43. The molecule has 2 aromatic rings. The van der Waals surface area contributed by atoms with E-state index in [0.29, 0.717) is 5.69 Å². The molecule has 1 N–H and O–H groups in total. The average molecular weight is 267 g/mol. The molecule has 0 aliphatic carbocycles. The predicted octanol–water partition coefficient (Wildman–Crippen LogP) is 2.45. The number of nitrogens with one attached hydrogen (secondary N) is 1. The molecule has 1 heterocycles. The van der Waals surface area contributed by atoms with E-state index in [9.17, 15) is 18.0 Å². The van der Waals surface area contributed by atoms with Gasteiger partial charge in [-0.15, -0.1) is 0 Å². The molecule has 0 saturated carbocycles. The van der Waals surface area contributed by atoms with Gasteiger partial charge in [0, 0.05) is 6.20 Å². The van der Waals surface area contributed by atoms with E-state index in [1.807, 2.05) is 0 Å². The molecule has 4 nitrogen and oxygen atoms in total. The molecular weight excluding hydrogens is 259 g/mol. The second kappa shape index (κ2) is 5.05. The van der Waals surface area contributed by atoms with Gasteiger partial charge in [-0.1, -0.05) is 0 Å². The van der Waals surface area contributed by atoms with Crippen molar-refractivity contribution in [3.8, 4) is 0 Å². The molecule has 0 bridgehead atoms. The second-order valence-electron chi connectivity index (χ2n) is 3.70. The van der Waals surface area contributed by atoms with E-state index in [1.54, 1.807) is 6.92 Å². The summed E-state index contributed by atoms with van der Waals surface area (Å²) in [7, 11) is 0. The van der Waals surface area contributed by atoms with Gasteiger partial charge in [-0.25, -0.2) is 23.1 Å². The first-order valence-corrected chi connectivity index (χ1v) is 5.22. The number of rotatable bonds is 2. The van der Waals surface area contributed by atoms with Crippen LogP contribution in [-0.4, -0.2) is 15.9 Å². The van der Waals surface area contributed by atoms with Gasteiger partial charge < -0.3 is 5.32 Å². The van der Waals surface area contributed by atoms with Crippen molar-refractivity contribution < 1.29 is 18.0 Å². The van der Waals surface area contributed by atoms with E-state index in [1.165, 1.54) is 12.5 Å². The molecule has 0 saturated heterocycles. The molecule has 0 aliphatic heterocycles. The lowest BCUT2D eigenvalue weighted by molar-refractivity contribution is 0.102. The van der Waals surface area contributed by atoms with Crippen LogP contribution in [-0.2, 0) is 0 Å². The normalized spacial score (nSPS) is 10.3. The first-order valence-electron chi connectivity index (χ1n) is 5.22. The van der Waals surface area contributed by atoms with Crippen molar-refractivity contribution in [1.82, 2.24) is 9.97 Å². The van der Waals surface area contributed by atoms with Gasteiger partial charge in [-0.05, 0) is 19.1 Å². The Bertz CT molecular complexity index is 646. The lowest BCUT2D eigenvalue weighted by Crippen LogP contribution is -2.16. The van der Waals surface area contributed by atoms with Crippen molar-refractivity contribution in [1.29, 1.82) is 0 Å². The summed E-state index contributed by atoms with van der Waals surface area (Å²) in [5.41, 5.74) is 0.0503. The molecule has 1 amide bonds. The first kappa shape index (κ1) is 13.0. The highest BCUT2D eigenvalue weighted by Crippen LogP contribution is 2.20. The lowest BCUT2D eigenvalue weighted by atomic mass is 10.2. The van der Waals surface area contributed by atoms with Gasteiger partial charge in [0.05, 0.1) is 16.9 Å². The van der Waals surface area contributed by atoms with Crippen LogP contribution in [0.25, 0.3) is 0 Å². The highest BCUT2D eigenvalue weighted by molar-refractivity contribution is 6.04. The van der Waals surface area contributed by atoms with E-state index in [4.69, 9.17) is 0 Å². The molecule has 0 unspecified atom stereocenters. The minimum atomic E-state index is -1.64. The van der Waals surface area contributed by atoms with Gasteiger partial charge in [0.25, 0.3) is 5.91 Å². The summed E-state index contributed by atoms with van der Waals surface area (Å²) in [6.07, 6.45) is 2.50. The van der Waals surface area contributed by atoms with Gasteiger partial charge in [0.2, 0.25) is 0 Å². The van der Waals surface area contributed by atoms with E-state index >= 15 is 0 Å². The number of anilines is 1. The summed E-state index contributed by atoms with van der Waals surface area (Å²) in [5.74, 6) is -5.13. The fraction of sp³-hybridized carbons (Fsp3) is 0.0833. The molecule has 1 aromatic heterocycles. The number of aryl methyl sites for hydroxylation is 1. The maximum Gasteiger partial charge on any atom is 0.259 e. The summed E-state index contributed by atoms with van der Waals surface area (Å²) in [6, 6.07) is 1.66. The number of hydrogen-bond acceptors (Lipinski definition) is 3. The zero-order valence-corrected chi connectivity index (χ0v) is 9.75. The number of amides is 1. The maximum atomic E-state index is 13.4. The molecule has 0 fully saturated rings. The molecule has 1 aromatic carbocycles. The Morgan fingerprint density at radius 3 is 2.63 bits per heavy atom. The van der Waals surface area contributed by atoms with Crippen LogP contribution in [0, 0.1) is 24.4 Å². The van der Waals surface area contributed by atoms with Crippen molar-refractivity contribution in [2.24, 2.45) is 0 Å². The number of carbonyl (C=O) groups is 1. The molecule has 2 rings (SSSR count). The zero-order valence-electron chi connectivity index (χ0n) is 9.75. The summed E-state index contributed by atoms with van der Waals surface area (Å²) in [6.45, 7) is 1.57. The van der Waals surface area contributed by atoms with Gasteiger partial charge in [-0.3, -0.25) is 4.79 Å². The average Bonchev–Trinajstić information content (AvgIpc) is 2.40. The zero-order chi connectivity index (χ0) is 14.0. The van der Waals surface area contributed by atoms with E-state index < -0.39 is 29.0 Å². The van der Waals surface area contributed by atoms with Crippen molar-refractivity contribution in [2.45, 2.75) is 6.92 Å². The highest BCUT2D eigenvalue weighted by Gasteiger charge is 2.17. The maximum absolute atomic E-state index is 13.4. The van der Waals surface area contributed by atoms with Crippen LogP contribution in [0.4, 0.5) is 18.9 Å². The SMILES string of the molecule is Cc1ncncc1C(=O)Nc1ccc(F)c(F)c1F. The van der Waals surface area contributed by atoms with Crippen LogP contribution in [0.5, 0.6) is 0 Å². The quantitative estimate of drug-likeness (QED) is 0.850. The van der Waals surface area contributed by atoms with E-state index in [0.717, 1.165) is 12.1 Å². The third-order valence-electron chi connectivity index (χ3n) is 2.44. The molecular formula is C12H8F3N3O. The number of carbonyl (C=O) groups excluding carboxylic acids is 1. The van der Waals surface area contributed by atoms with Crippen molar-refractivity contribution >= 4 is 11.6 Å². The lowest BCUT2D eigenvalue weighted by Gasteiger charge is -2.08. The van der Waals surface area contributed by atoms with Crippen molar-refractivity contribution in [2.75, 3.05) is 5.32 Å². The summed E-state index contributed by atoms with van der Waals surface area (Å²) in [4.78, 5) is 19.3. The minimum Gasteiger partial charge on any atom is -0.319 e. The Morgan fingerprint density at radius 2 is 1.95 bits per heavy atom. The van der Waals surface area contributed by atoms with Crippen LogP contribution in [0.1, 0.15) is 16.1 Å². The monoisotopic (exact) mass is 267 g/mol. The fourth-order valence-electron chi connectivity index (χ4n) is 1.43. The van der Waals surface area contributed by atoms with Crippen LogP contribution >= 0.6 is 0 Å². The van der Waals surface area contributed by atoms with Crippen LogP contribution in [0.2, 0.25) is 0 Å². The number of halogens is 3. The molecule has 0 aliphatic rings. The Balaban J connectivity index is 2.30. The third kappa shape index (κ3) is 2.54. The largest absolute Gasteiger partial charge is 0.319 e. The topological polar surface area (TPSA) is 54.9 Å². The minimum absolute atomic E-state index is 0.117. The molecule has 7 heteroatoms. The first-order chi connectivity index (χ1) is 9.00. The van der Waals surface area contributed by atoms with Crippen LogP contribution in [0.15, 0.2) is 24.7 Å². The highest BCUT2D eigenvalue weighted by atomic mass is 19.2. The van der Waals surface area contributed by atoms with Gasteiger partial charge >= 0.3 is 0 Å². The van der Waals surface area contributed by atoms with Crippen LogP contribution < -0.4 is 5.32 Å². The Morgan fingerprint density at radius 1 is 1.21 bits per heavy atom. The smallest absolute Gasteiger partial charge is 0.259 e. The van der Waals surface area contributed by atoms with Crippen LogP contribution in [0.3, 0.4) is 0 Å². The molecule has 0 radical (unpaired) electrons. The van der Waals surface area contributed by atoms with Crippen molar-refractivity contribution in [3.05, 3.63) is 53.4 Å². The molecule has 98 valence electrons. The summed E-state index contributed by atoms with van der Waals surface area (Å²) >= 11 is 0. The Kier molecular flexibility index (Phi) is 3.46. The Labute approximate surface area is 106 Å². The summed E-state index contributed by atoms with van der Waals surface area (Å²) < 4.78 is 39.1. The molecule has 19 heavy (non-hydrogen) atoms. The summed E-state index contributed by atoms with van der Waals surface area (Å²) in [5, 5.41) is 2.13. The van der Waals surface area contributed by atoms with Gasteiger partial charge in [0.15, 0.2) is 17.5 Å². The van der Waals surface area contributed by atoms with E-state index in [-0.39, 0.29) is 5.56 Å². The van der Waals surface area contributed by atoms with Crippen molar-refractivity contribution in [3.63, 3.8) is 0 Å². The standard InChI is InChI=1S/C12H8F3N3O/c1-6-7(4-16-5-17-6)12(19)18-9-3-2-8(13)10(14)11(9)15/h2-5H,1H3,(H,18,19). The second-order valence-corrected chi connectivity index (χ2v) is 3.70. The predicted molar refractivity (Wildman–Crippen MR) is 61.0 cm³/mol. The third-order valence-corrected chi connectivity index (χ3v) is 2.44. The Hall–Kier alpha value is -2.44. The number of hydrogen-bond donors (Lipinski definition) is 1. The number of aromatic nitrogens is 2. The molecule has 0 atom stereocenters. The van der Waals surface area contributed by atoms with Gasteiger partial charge in [-0.2, -0.15) is 0 Å².